The standard InChI is InChI=1S/C19H25ClO/c1-13-11-14(2)18(15-5-7-17(20)8-6-15)12-16(13)9-10-19(3,4)21/h5-8,21H,9-12H2,1-4H3. The lowest BCUT2D eigenvalue weighted by Crippen LogP contribution is -2.18. The van der Waals surface area contributed by atoms with E-state index in [1.54, 1.807) is 0 Å². The molecule has 1 N–H and O–H groups in total. The second-order valence-electron chi connectivity index (χ2n) is 6.82. The Bertz CT molecular complexity index is 571. The fraction of sp³-hybridized carbons (Fsp3) is 0.474. The van der Waals surface area contributed by atoms with Gasteiger partial charge in [0, 0.05) is 5.02 Å². The topological polar surface area (TPSA) is 20.2 Å². The van der Waals surface area contributed by atoms with E-state index in [0.717, 1.165) is 30.7 Å². The van der Waals surface area contributed by atoms with E-state index in [-0.39, 0.29) is 0 Å². The first-order chi connectivity index (χ1) is 9.76. The molecule has 0 radical (unpaired) electrons. The molecule has 0 unspecified atom stereocenters. The zero-order valence-corrected chi connectivity index (χ0v) is 14.2. The van der Waals surface area contributed by atoms with Crippen LogP contribution in [0.2, 0.25) is 5.02 Å². The van der Waals surface area contributed by atoms with Gasteiger partial charge >= 0.3 is 0 Å². The normalized spacial score (nSPS) is 16.7. The van der Waals surface area contributed by atoms with E-state index in [4.69, 9.17) is 11.6 Å². The van der Waals surface area contributed by atoms with E-state index in [0.29, 0.717) is 0 Å². The van der Waals surface area contributed by atoms with Crippen molar-refractivity contribution in [1.82, 2.24) is 0 Å². The molecule has 0 aromatic heterocycles. The minimum absolute atomic E-state index is 0.593. The van der Waals surface area contributed by atoms with Gasteiger partial charge in [0.25, 0.3) is 0 Å². The van der Waals surface area contributed by atoms with Gasteiger partial charge in [-0.1, -0.05) is 40.5 Å². The van der Waals surface area contributed by atoms with Crippen molar-refractivity contribution in [3.8, 4) is 0 Å². The predicted molar refractivity (Wildman–Crippen MR) is 91.5 cm³/mol. The molecule has 114 valence electrons. The van der Waals surface area contributed by atoms with E-state index < -0.39 is 5.60 Å². The third-order valence-corrected chi connectivity index (χ3v) is 4.52. The van der Waals surface area contributed by atoms with E-state index in [1.807, 2.05) is 26.0 Å². The Kier molecular flexibility index (Phi) is 4.95. The molecule has 2 heteroatoms. The smallest absolute Gasteiger partial charge is 0.0594 e. The second-order valence-corrected chi connectivity index (χ2v) is 7.25. The fourth-order valence-electron chi connectivity index (χ4n) is 2.90. The van der Waals surface area contributed by atoms with Crippen molar-refractivity contribution in [1.29, 1.82) is 0 Å². The van der Waals surface area contributed by atoms with Crippen LogP contribution < -0.4 is 0 Å². The number of hydrogen-bond donors (Lipinski definition) is 1. The summed E-state index contributed by atoms with van der Waals surface area (Å²) in [7, 11) is 0. The molecule has 0 aliphatic heterocycles. The summed E-state index contributed by atoms with van der Waals surface area (Å²) in [6, 6.07) is 8.13. The molecule has 0 heterocycles. The van der Waals surface area contributed by atoms with E-state index in [9.17, 15) is 5.11 Å². The summed E-state index contributed by atoms with van der Waals surface area (Å²) < 4.78 is 0. The second kappa shape index (κ2) is 6.37. The van der Waals surface area contributed by atoms with Gasteiger partial charge in [0.1, 0.15) is 0 Å². The first kappa shape index (κ1) is 16.3. The summed E-state index contributed by atoms with van der Waals surface area (Å²) in [5, 5.41) is 10.7. The molecule has 0 amide bonds. The molecule has 21 heavy (non-hydrogen) atoms. The molecule has 0 atom stereocenters. The molecule has 1 aromatic rings. The van der Waals surface area contributed by atoms with Crippen LogP contribution in [0.1, 0.15) is 58.9 Å². The Labute approximate surface area is 133 Å². The van der Waals surface area contributed by atoms with Crippen molar-refractivity contribution in [2.75, 3.05) is 0 Å². The van der Waals surface area contributed by atoms with Crippen molar-refractivity contribution in [2.45, 2.75) is 59.0 Å². The van der Waals surface area contributed by atoms with Crippen LogP contribution in [0, 0.1) is 0 Å². The Morgan fingerprint density at radius 1 is 1.05 bits per heavy atom. The average Bonchev–Trinajstić information content (AvgIpc) is 2.38. The van der Waals surface area contributed by atoms with Crippen molar-refractivity contribution >= 4 is 17.2 Å². The number of benzene rings is 1. The van der Waals surface area contributed by atoms with Gasteiger partial charge in [-0.2, -0.15) is 0 Å². The summed E-state index contributed by atoms with van der Waals surface area (Å²) in [6.07, 6.45) is 3.82. The van der Waals surface area contributed by atoms with Gasteiger partial charge in [-0.05, 0) is 76.6 Å². The monoisotopic (exact) mass is 304 g/mol. The maximum Gasteiger partial charge on any atom is 0.0594 e. The summed E-state index contributed by atoms with van der Waals surface area (Å²) in [5.41, 5.74) is 6.49. The van der Waals surface area contributed by atoms with Crippen LogP contribution in [0.5, 0.6) is 0 Å². The Morgan fingerprint density at radius 2 is 1.67 bits per heavy atom. The summed E-state index contributed by atoms with van der Waals surface area (Å²) in [5.74, 6) is 0. The average molecular weight is 305 g/mol. The summed E-state index contributed by atoms with van der Waals surface area (Å²) in [4.78, 5) is 0. The van der Waals surface area contributed by atoms with Crippen LogP contribution in [0.4, 0.5) is 0 Å². The molecule has 2 rings (SSSR count). The van der Waals surface area contributed by atoms with Gasteiger partial charge in [-0.15, -0.1) is 0 Å². The summed E-state index contributed by atoms with van der Waals surface area (Å²) in [6.45, 7) is 8.21. The number of rotatable bonds is 4. The molecule has 1 aliphatic rings. The molecule has 1 nitrogen and oxygen atoms in total. The third kappa shape index (κ3) is 4.46. The van der Waals surface area contributed by atoms with Crippen LogP contribution in [0.15, 0.2) is 41.0 Å². The van der Waals surface area contributed by atoms with Gasteiger partial charge in [0.05, 0.1) is 5.60 Å². The van der Waals surface area contributed by atoms with Gasteiger partial charge in [-0.3, -0.25) is 0 Å². The van der Waals surface area contributed by atoms with Crippen molar-refractivity contribution in [3.05, 3.63) is 51.6 Å². The van der Waals surface area contributed by atoms with Crippen LogP contribution in [0.25, 0.3) is 5.57 Å². The highest BCUT2D eigenvalue weighted by atomic mass is 35.5. The largest absolute Gasteiger partial charge is 0.390 e. The lowest BCUT2D eigenvalue weighted by Gasteiger charge is -2.25. The first-order valence-electron chi connectivity index (χ1n) is 7.61. The minimum atomic E-state index is -0.593. The van der Waals surface area contributed by atoms with Gasteiger partial charge in [0.2, 0.25) is 0 Å². The van der Waals surface area contributed by atoms with Gasteiger partial charge in [-0.25, -0.2) is 0 Å². The molecule has 0 bridgehead atoms. The zero-order valence-electron chi connectivity index (χ0n) is 13.5. The SMILES string of the molecule is CC1=C(CCC(C)(C)O)CC(c2ccc(Cl)cc2)=C(C)C1. The van der Waals surface area contributed by atoms with Crippen LogP contribution in [-0.4, -0.2) is 10.7 Å². The number of allylic oxidation sites excluding steroid dienone is 4. The predicted octanol–water partition coefficient (Wildman–Crippen LogP) is 5.77. The molecule has 1 aromatic carbocycles. The van der Waals surface area contributed by atoms with Gasteiger partial charge < -0.3 is 5.11 Å². The highest BCUT2D eigenvalue weighted by Gasteiger charge is 2.20. The first-order valence-corrected chi connectivity index (χ1v) is 7.98. The van der Waals surface area contributed by atoms with E-state index >= 15 is 0 Å². The zero-order chi connectivity index (χ0) is 15.6. The highest BCUT2D eigenvalue weighted by molar-refractivity contribution is 6.30. The highest BCUT2D eigenvalue weighted by Crippen LogP contribution is 2.38. The van der Waals surface area contributed by atoms with Crippen LogP contribution in [-0.2, 0) is 0 Å². The molecule has 0 saturated heterocycles. The Balaban J connectivity index is 2.17. The fourth-order valence-corrected chi connectivity index (χ4v) is 3.03. The van der Waals surface area contributed by atoms with Crippen LogP contribution >= 0.6 is 11.6 Å². The molecule has 0 saturated carbocycles. The van der Waals surface area contributed by atoms with Crippen molar-refractivity contribution in [2.24, 2.45) is 0 Å². The van der Waals surface area contributed by atoms with E-state index in [2.05, 4.69) is 26.0 Å². The third-order valence-electron chi connectivity index (χ3n) is 4.27. The lowest BCUT2D eigenvalue weighted by atomic mass is 9.81. The number of hydrogen-bond acceptors (Lipinski definition) is 1. The maximum atomic E-state index is 9.95. The Hall–Kier alpha value is -1.05. The summed E-state index contributed by atoms with van der Waals surface area (Å²) >= 11 is 5.99. The number of aliphatic hydroxyl groups is 1. The lowest BCUT2D eigenvalue weighted by molar-refractivity contribution is 0.0712. The van der Waals surface area contributed by atoms with E-state index in [1.165, 1.54) is 27.9 Å². The molecule has 0 fully saturated rings. The van der Waals surface area contributed by atoms with Crippen LogP contribution in [0.3, 0.4) is 0 Å². The molecule has 0 spiro atoms. The van der Waals surface area contributed by atoms with Crippen molar-refractivity contribution in [3.63, 3.8) is 0 Å². The quantitative estimate of drug-likeness (QED) is 0.700. The van der Waals surface area contributed by atoms with Gasteiger partial charge in [0.15, 0.2) is 0 Å². The Morgan fingerprint density at radius 3 is 2.24 bits per heavy atom. The molecular formula is C19H25ClO. The number of halogens is 1. The molecule has 1 aliphatic carbocycles. The minimum Gasteiger partial charge on any atom is -0.390 e. The maximum absolute atomic E-state index is 9.95. The van der Waals surface area contributed by atoms with Crippen molar-refractivity contribution < 1.29 is 5.11 Å². The molecular weight excluding hydrogens is 280 g/mol.